The number of nitrogen functional groups attached to an aromatic ring is 1. The predicted octanol–water partition coefficient (Wildman–Crippen LogP) is 2.02. The van der Waals surface area contributed by atoms with Crippen LogP contribution in [0.15, 0.2) is 18.5 Å². The molecule has 70 valence electrons. The van der Waals surface area contributed by atoms with Crippen LogP contribution in [-0.2, 0) is 0 Å². The third-order valence-electron chi connectivity index (χ3n) is 2.75. The van der Waals surface area contributed by atoms with Crippen LogP contribution in [0, 0.1) is 0 Å². The van der Waals surface area contributed by atoms with Gasteiger partial charge in [-0.1, -0.05) is 0 Å². The maximum atomic E-state index is 5.78. The molecule has 3 nitrogen and oxygen atoms in total. The molecule has 0 unspecified atom stereocenters. The molecule has 1 fully saturated rings. The van der Waals surface area contributed by atoms with Crippen molar-refractivity contribution in [2.75, 3.05) is 11.1 Å². The van der Waals surface area contributed by atoms with Gasteiger partial charge in [0.2, 0.25) is 0 Å². The molecule has 0 aromatic carbocycles. The summed E-state index contributed by atoms with van der Waals surface area (Å²) in [7, 11) is 0. The molecule has 1 aromatic heterocycles. The fraction of sp³-hybridized carbons (Fsp3) is 0.500. The van der Waals surface area contributed by atoms with Gasteiger partial charge in [0.05, 0.1) is 17.6 Å². The number of pyridine rings is 1. The third kappa shape index (κ3) is 1.59. The van der Waals surface area contributed by atoms with E-state index in [4.69, 9.17) is 5.73 Å². The van der Waals surface area contributed by atoms with Crippen LogP contribution in [0.4, 0.5) is 11.4 Å². The van der Waals surface area contributed by atoms with Gasteiger partial charge in [0.25, 0.3) is 0 Å². The highest BCUT2D eigenvalue weighted by Crippen LogP contribution is 2.35. The zero-order valence-corrected chi connectivity index (χ0v) is 7.88. The quantitative estimate of drug-likeness (QED) is 0.726. The molecular weight excluding hydrogens is 162 g/mol. The largest absolute Gasteiger partial charge is 0.396 e. The first kappa shape index (κ1) is 8.35. The normalized spacial score (nSPS) is 19.2. The van der Waals surface area contributed by atoms with E-state index in [1.54, 1.807) is 12.4 Å². The summed E-state index contributed by atoms with van der Waals surface area (Å²) >= 11 is 0. The van der Waals surface area contributed by atoms with E-state index in [9.17, 15) is 0 Å². The van der Waals surface area contributed by atoms with E-state index in [1.165, 1.54) is 19.3 Å². The van der Waals surface area contributed by atoms with Crippen molar-refractivity contribution in [3.05, 3.63) is 18.5 Å². The lowest BCUT2D eigenvalue weighted by molar-refractivity contribution is 0.307. The zero-order valence-electron chi connectivity index (χ0n) is 7.88. The molecular formula is C10H15N3. The van der Waals surface area contributed by atoms with Crippen molar-refractivity contribution in [1.82, 2.24) is 4.98 Å². The van der Waals surface area contributed by atoms with Crippen LogP contribution in [0.5, 0.6) is 0 Å². The highest BCUT2D eigenvalue weighted by molar-refractivity contribution is 5.65. The molecule has 3 N–H and O–H groups in total. The summed E-state index contributed by atoms with van der Waals surface area (Å²) in [4.78, 5) is 3.95. The van der Waals surface area contributed by atoms with Gasteiger partial charge < -0.3 is 11.1 Å². The van der Waals surface area contributed by atoms with Crippen LogP contribution in [0.3, 0.4) is 0 Å². The molecule has 2 rings (SSSR count). The lowest BCUT2D eigenvalue weighted by atomic mass is 9.78. The van der Waals surface area contributed by atoms with Crippen LogP contribution in [-0.4, -0.2) is 10.5 Å². The summed E-state index contributed by atoms with van der Waals surface area (Å²) in [5.41, 5.74) is 7.78. The lowest BCUT2D eigenvalue weighted by Gasteiger charge is -2.40. The number of nitrogens with one attached hydrogen (secondary N) is 1. The Morgan fingerprint density at radius 1 is 1.54 bits per heavy atom. The number of rotatable bonds is 2. The Balaban J connectivity index is 2.13. The molecule has 0 bridgehead atoms. The maximum Gasteiger partial charge on any atom is 0.0736 e. The first-order valence-corrected chi connectivity index (χ1v) is 4.67. The summed E-state index contributed by atoms with van der Waals surface area (Å²) in [6, 6.07) is 1.93. The summed E-state index contributed by atoms with van der Waals surface area (Å²) in [5, 5.41) is 3.46. The van der Waals surface area contributed by atoms with Gasteiger partial charge in [-0.2, -0.15) is 0 Å². The Bertz CT molecular complexity index is 305. The van der Waals surface area contributed by atoms with Crippen LogP contribution in [0.25, 0.3) is 0 Å². The molecule has 0 spiro atoms. The van der Waals surface area contributed by atoms with E-state index in [0.29, 0.717) is 0 Å². The molecule has 0 atom stereocenters. The van der Waals surface area contributed by atoms with Crippen molar-refractivity contribution >= 4 is 11.4 Å². The van der Waals surface area contributed by atoms with Gasteiger partial charge in [-0.05, 0) is 32.3 Å². The number of hydrogen-bond donors (Lipinski definition) is 2. The summed E-state index contributed by atoms with van der Waals surface area (Å²) in [6.07, 6.45) is 7.23. The second-order valence-corrected chi connectivity index (χ2v) is 4.00. The van der Waals surface area contributed by atoms with Gasteiger partial charge >= 0.3 is 0 Å². The Morgan fingerprint density at radius 3 is 2.85 bits per heavy atom. The van der Waals surface area contributed by atoms with Crippen LogP contribution < -0.4 is 11.1 Å². The average Bonchev–Trinajstić information content (AvgIpc) is 2.06. The number of aromatic nitrogens is 1. The zero-order chi connectivity index (χ0) is 9.31. The van der Waals surface area contributed by atoms with Crippen LogP contribution in [0.2, 0.25) is 0 Å². The predicted molar refractivity (Wildman–Crippen MR) is 54.5 cm³/mol. The first-order valence-electron chi connectivity index (χ1n) is 4.67. The van der Waals surface area contributed by atoms with Crippen molar-refractivity contribution in [1.29, 1.82) is 0 Å². The van der Waals surface area contributed by atoms with Crippen molar-refractivity contribution in [2.24, 2.45) is 0 Å². The number of nitrogens with zero attached hydrogens (tertiary/aromatic N) is 1. The van der Waals surface area contributed by atoms with E-state index >= 15 is 0 Å². The highest BCUT2D eigenvalue weighted by Gasteiger charge is 2.31. The minimum absolute atomic E-state index is 0.259. The van der Waals surface area contributed by atoms with Gasteiger partial charge in [0.1, 0.15) is 0 Å². The standard InChI is InChI=1S/C10H15N3/c1-10(4-2-5-10)13-9-3-6-12-7-8(9)11/h3,6-7H,2,4-5,11H2,1H3,(H,12,13). The molecule has 1 aliphatic rings. The maximum absolute atomic E-state index is 5.78. The monoisotopic (exact) mass is 177 g/mol. The molecule has 0 amide bonds. The average molecular weight is 177 g/mol. The third-order valence-corrected chi connectivity index (χ3v) is 2.75. The summed E-state index contributed by atoms with van der Waals surface area (Å²) in [5.74, 6) is 0. The molecule has 0 aliphatic heterocycles. The van der Waals surface area contributed by atoms with Crippen LogP contribution in [0.1, 0.15) is 26.2 Å². The van der Waals surface area contributed by atoms with Gasteiger partial charge in [-0.3, -0.25) is 4.98 Å². The van der Waals surface area contributed by atoms with Gasteiger partial charge in [0.15, 0.2) is 0 Å². The number of anilines is 2. The van der Waals surface area contributed by atoms with E-state index in [1.807, 2.05) is 6.07 Å². The topological polar surface area (TPSA) is 50.9 Å². The lowest BCUT2D eigenvalue weighted by Crippen LogP contribution is -2.41. The van der Waals surface area contributed by atoms with Crippen molar-refractivity contribution in [2.45, 2.75) is 31.7 Å². The van der Waals surface area contributed by atoms with Crippen molar-refractivity contribution in [3.63, 3.8) is 0 Å². The summed E-state index contributed by atoms with van der Waals surface area (Å²) in [6.45, 7) is 2.23. The molecule has 1 saturated carbocycles. The van der Waals surface area contributed by atoms with Gasteiger partial charge in [-0.25, -0.2) is 0 Å². The molecule has 13 heavy (non-hydrogen) atoms. The summed E-state index contributed by atoms with van der Waals surface area (Å²) < 4.78 is 0. The van der Waals surface area contributed by atoms with Crippen molar-refractivity contribution < 1.29 is 0 Å². The van der Waals surface area contributed by atoms with E-state index in [0.717, 1.165) is 11.4 Å². The Morgan fingerprint density at radius 2 is 2.31 bits per heavy atom. The fourth-order valence-corrected chi connectivity index (χ4v) is 1.68. The Kier molecular flexibility index (Phi) is 1.87. The second-order valence-electron chi connectivity index (χ2n) is 4.00. The van der Waals surface area contributed by atoms with Gasteiger partial charge in [-0.15, -0.1) is 0 Å². The minimum Gasteiger partial charge on any atom is -0.396 e. The smallest absolute Gasteiger partial charge is 0.0736 e. The molecule has 0 saturated heterocycles. The molecule has 3 heteroatoms. The number of hydrogen-bond acceptors (Lipinski definition) is 3. The van der Waals surface area contributed by atoms with E-state index in [2.05, 4.69) is 17.2 Å². The molecule has 1 aliphatic carbocycles. The molecule has 0 radical (unpaired) electrons. The SMILES string of the molecule is CC1(Nc2ccncc2N)CCC1. The second kappa shape index (κ2) is 2.91. The van der Waals surface area contributed by atoms with Gasteiger partial charge in [0, 0.05) is 11.7 Å². The molecule has 1 aromatic rings. The van der Waals surface area contributed by atoms with Crippen LogP contribution >= 0.6 is 0 Å². The van der Waals surface area contributed by atoms with Crippen molar-refractivity contribution in [3.8, 4) is 0 Å². The molecule has 1 heterocycles. The minimum atomic E-state index is 0.259. The fourth-order valence-electron chi connectivity index (χ4n) is 1.68. The number of nitrogens with two attached hydrogens (primary N) is 1. The first-order chi connectivity index (χ1) is 6.20. The Hall–Kier alpha value is -1.25. The Labute approximate surface area is 78.4 Å². The highest BCUT2D eigenvalue weighted by atomic mass is 15.0. The van der Waals surface area contributed by atoms with E-state index in [-0.39, 0.29) is 5.54 Å². The van der Waals surface area contributed by atoms with E-state index < -0.39 is 0 Å².